The Morgan fingerprint density at radius 3 is 2.00 bits per heavy atom. The summed E-state index contributed by atoms with van der Waals surface area (Å²) in [6.07, 6.45) is 0.637. The number of benzene rings is 2. The molecule has 0 N–H and O–H groups in total. The molecule has 7 nitrogen and oxygen atoms in total. The van der Waals surface area contributed by atoms with Crippen LogP contribution in [0.1, 0.15) is 19.3 Å². The molecule has 1 aliphatic heterocycles. The second-order valence-corrected chi connectivity index (χ2v) is 15.4. The van der Waals surface area contributed by atoms with E-state index in [-0.39, 0.29) is 30.2 Å². The molecule has 0 aromatic heterocycles. The molecule has 0 radical (unpaired) electrons. The Balaban J connectivity index is 1.66. The number of nitrogens with zero attached hydrogens (tertiary/aromatic N) is 1. The Kier molecular flexibility index (Phi) is 6.18. The molecule has 2 amide bonds. The summed E-state index contributed by atoms with van der Waals surface area (Å²) < 4.78 is 10.2. The number of esters is 2. The number of amides is 2. The number of fused-ring (bicyclic) bond motifs is 1. The molecular formula is C29H31NO6Si. The molecule has 1 fully saturated rings. The van der Waals surface area contributed by atoms with E-state index in [4.69, 9.17) is 9.47 Å². The van der Waals surface area contributed by atoms with Crippen LogP contribution in [0.5, 0.6) is 0 Å². The number of hydrogen-bond acceptors (Lipinski definition) is 6. The lowest BCUT2D eigenvalue weighted by Gasteiger charge is -2.42. The molecule has 5 rings (SSSR count). The Morgan fingerprint density at radius 2 is 1.43 bits per heavy atom. The third-order valence-corrected chi connectivity index (χ3v) is 12.7. The van der Waals surface area contributed by atoms with E-state index in [2.05, 4.69) is 25.2 Å². The maximum Gasteiger partial charge on any atom is 0.323 e. The van der Waals surface area contributed by atoms with E-state index in [1.807, 2.05) is 36.4 Å². The fraction of sp³-hybridized carbons (Fsp3) is 0.379. The van der Waals surface area contributed by atoms with E-state index in [0.29, 0.717) is 12.1 Å². The summed E-state index contributed by atoms with van der Waals surface area (Å²) in [6, 6.07) is 19.1. The first kappa shape index (κ1) is 25.1. The molecule has 2 aromatic carbocycles. The quantitative estimate of drug-likeness (QED) is 0.198. The minimum atomic E-state index is -2.47. The van der Waals surface area contributed by atoms with Gasteiger partial charge in [-0.05, 0) is 36.9 Å². The maximum absolute atomic E-state index is 14.1. The summed E-state index contributed by atoms with van der Waals surface area (Å²) in [5, 5.41) is 1.15. The molecule has 8 heteroatoms. The predicted molar refractivity (Wildman–Crippen MR) is 141 cm³/mol. The van der Waals surface area contributed by atoms with Crippen molar-refractivity contribution in [2.45, 2.75) is 37.9 Å². The number of para-hydroxylation sites is 1. The Morgan fingerprint density at radius 1 is 0.865 bits per heavy atom. The van der Waals surface area contributed by atoms with Crippen LogP contribution in [0.3, 0.4) is 0 Å². The van der Waals surface area contributed by atoms with Crippen LogP contribution in [0.4, 0.5) is 5.69 Å². The number of anilines is 1. The lowest BCUT2D eigenvalue weighted by molar-refractivity contribution is -0.168. The van der Waals surface area contributed by atoms with Gasteiger partial charge in [0.05, 0.1) is 39.8 Å². The van der Waals surface area contributed by atoms with E-state index in [1.165, 1.54) is 19.1 Å². The van der Waals surface area contributed by atoms with Gasteiger partial charge in [0.1, 0.15) is 0 Å². The third kappa shape index (κ3) is 3.69. The van der Waals surface area contributed by atoms with E-state index < -0.39 is 37.3 Å². The second-order valence-electron chi connectivity index (χ2n) is 10.8. The third-order valence-electron chi connectivity index (χ3n) is 8.60. The Bertz CT molecular complexity index is 1290. The highest BCUT2D eigenvalue weighted by Crippen LogP contribution is 2.60. The van der Waals surface area contributed by atoms with Crippen molar-refractivity contribution in [1.82, 2.24) is 0 Å². The molecule has 0 bridgehead atoms. The average molecular weight is 518 g/mol. The normalized spacial score (nSPS) is 24.5. The molecule has 37 heavy (non-hydrogen) atoms. The Hall–Kier alpha value is -3.52. The number of ether oxygens (including phenoxy) is 2. The van der Waals surface area contributed by atoms with Crippen molar-refractivity contribution < 1.29 is 28.7 Å². The SMILES string of the molecule is COC(=O)C1(C(=O)OC)CC2=C(C1)C([Si](C)(C)c1ccccc1)C1C(=O)N(c3ccccc3)C(=O)C1C2. The molecule has 0 spiro atoms. The summed E-state index contributed by atoms with van der Waals surface area (Å²) >= 11 is 0. The first-order chi connectivity index (χ1) is 17.7. The number of carbonyl (C=O) groups is 4. The number of imide groups is 1. The zero-order valence-corrected chi connectivity index (χ0v) is 22.5. The van der Waals surface area contributed by atoms with Crippen LogP contribution in [0.15, 0.2) is 71.8 Å². The second kappa shape index (κ2) is 9.10. The molecular weight excluding hydrogens is 486 g/mol. The van der Waals surface area contributed by atoms with Crippen LogP contribution in [0.25, 0.3) is 0 Å². The highest BCUT2D eigenvalue weighted by molar-refractivity contribution is 6.91. The molecule has 0 saturated carbocycles. The first-order valence-corrected chi connectivity index (χ1v) is 15.6. The lowest BCUT2D eigenvalue weighted by atomic mass is 9.77. The molecule has 192 valence electrons. The summed E-state index contributed by atoms with van der Waals surface area (Å²) in [5.74, 6) is -2.80. The predicted octanol–water partition coefficient (Wildman–Crippen LogP) is 3.60. The number of carbonyl (C=O) groups excluding carboxylic acids is 4. The van der Waals surface area contributed by atoms with Gasteiger partial charge < -0.3 is 9.47 Å². The van der Waals surface area contributed by atoms with Crippen molar-refractivity contribution in [2.75, 3.05) is 19.1 Å². The van der Waals surface area contributed by atoms with E-state index in [0.717, 1.165) is 16.3 Å². The van der Waals surface area contributed by atoms with Gasteiger partial charge in [-0.3, -0.25) is 24.1 Å². The summed E-state index contributed by atoms with van der Waals surface area (Å²) in [6.45, 7) is 4.42. The summed E-state index contributed by atoms with van der Waals surface area (Å²) in [5.41, 5.74) is 0.689. The van der Waals surface area contributed by atoms with Gasteiger partial charge in [0.2, 0.25) is 11.8 Å². The first-order valence-electron chi connectivity index (χ1n) is 12.5. The lowest BCUT2D eigenvalue weighted by Crippen LogP contribution is -2.52. The van der Waals surface area contributed by atoms with Gasteiger partial charge >= 0.3 is 11.9 Å². The number of methoxy groups -OCH3 is 2. The van der Waals surface area contributed by atoms with Crippen molar-refractivity contribution in [3.05, 3.63) is 71.8 Å². The average Bonchev–Trinajstić information content (AvgIpc) is 3.43. The molecule has 3 atom stereocenters. The molecule has 2 aliphatic carbocycles. The van der Waals surface area contributed by atoms with Crippen LogP contribution < -0.4 is 10.1 Å². The Labute approximate surface area is 217 Å². The topological polar surface area (TPSA) is 90.0 Å². The minimum Gasteiger partial charge on any atom is -0.468 e. The van der Waals surface area contributed by atoms with Gasteiger partial charge in [-0.15, -0.1) is 0 Å². The van der Waals surface area contributed by atoms with Gasteiger partial charge in [-0.1, -0.05) is 78.0 Å². The monoisotopic (exact) mass is 517 g/mol. The fourth-order valence-electron chi connectivity index (χ4n) is 6.87. The van der Waals surface area contributed by atoms with Gasteiger partial charge in [0, 0.05) is 0 Å². The van der Waals surface area contributed by atoms with Gasteiger partial charge in [0.15, 0.2) is 5.41 Å². The van der Waals surface area contributed by atoms with Crippen molar-refractivity contribution in [1.29, 1.82) is 0 Å². The molecule has 3 unspecified atom stereocenters. The number of hydrogen-bond donors (Lipinski definition) is 0. The van der Waals surface area contributed by atoms with Crippen molar-refractivity contribution in [2.24, 2.45) is 17.3 Å². The zero-order chi connectivity index (χ0) is 26.5. The van der Waals surface area contributed by atoms with Crippen molar-refractivity contribution in [3.63, 3.8) is 0 Å². The standard InChI is InChI=1S/C29H31NO6Si/c1-35-27(33)29(28(34)36-2)16-18-15-21-23(26(32)30(25(21)31)19-11-7-5-8-12-19)24(22(18)17-29)37(3,4)20-13-9-6-10-14-20/h5-14,21,23-24H,15-17H2,1-4H3. The minimum absolute atomic E-state index is 0.144. The number of rotatable bonds is 5. The fourth-order valence-corrected chi connectivity index (χ4v) is 10.7. The summed E-state index contributed by atoms with van der Waals surface area (Å²) in [7, 11) is 0.0692. The van der Waals surface area contributed by atoms with Crippen molar-refractivity contribution in [3.8, 4) is 0 Å². The summed E-state index contributed by atoms with van der Waals surface area (Å²) in [4.78, 5) is 55.3. The maximum atomic E-state index is 14.1. The highest BCUT2D eigenvalue weighted by Gasteiger charge is 2.64. The van der Waals surface area contributed by atoms with Gasteiger partial charge in [-0.2, -0.15) is 0 Å². The smallest absolute Gasteiger partial charge is 0.323 e. The number of allylic oxidation sites excluding steroid dienone is 2. The van der Waals surface area contributed by atoms with E-state index in [1.54, 1.807) is 12.1 Å². The van der Waals surface area contributed by atoms with E-state index >= 15 is 0 Å². The van der Waals surface area contributed by atoms with Crippen molar-refractivity contribution >= 4 is 42.7 Å². The van der Waals surface area contributed by atoms with Crippen LogP contribution >= 0.6 is 0 Å². The van der Waals surface area contributed by atoms with Crippen LogP contribution in [-0.4, -0.2) is 46.0 Å². The highest BCUT2D eigenvalue weighted by atomic mass is 28.3. The molecule has 1 saturated heterocycles. The van der Waals surface area contributed by atoms with Crippen LogP contribution in [0.2, 0.25) is 18.6 Å². The molecule has 1 heterocycles. The van der Waals surface area contributed by atoms with E-state index in [9.17, 15) is 19.2 Å². The van der Waals surface area contributed by atoms with Gasteiger partial charge in [0.25, 0.3) is 0 Å². The van der Waals surface area contributed by atoms with Gasteiger partial charge in [-0.25, -0.2) is 0 Å². The largest absolute Gasteiger partial charge is 0.468 e. The molecule has 2 aromatic rings. The molecule has 3 aliphatic rings. The van der Waals surface area contributed by atoms with Crippen LogP contribution in [-0.2, 0) is 28.7 Å². The zero-order valence-electron chi connectivity index (χ0n) is 21.5. The van der Waals surface area contributed by atoms with Crippen LogP contribution in [0, 0.1) is 17.3 Å².